The zero-order valence-electron chi connectivity index (χ0n) is 17.5. The third-order valence-corrected chi connectivity index (χ3v) is 4.72. The molecule has 0 aromatic heterocycles. The van der Waals surface area contributed by atoms with Crippen molar-refractivity contribution in [2.75, 3.05) is 0 Å². The van der Waals surface area contributed by atoms with Crippen LogP contribution in [0.15, 0.2) is 84.0 Å². The van der Waals surface area contributed by atoms with E-state index in [-0.39, 0.29) is 0 Å². The molecule has 0 unspecified atom stereocenters. The fraction of sp³-hybridized carbons (Fsp3) is 0.333. The van der Waals surface area contributed by atoms with Gasteiger partial charge in [0.05, 0.1) is 0 Å². The maximum Gasteiger partial charge on any atom is -0.00828 e. The molecule has 0 spiro atoms. The van der Waals surface area contributed by atoms with Gasteiger partial charge in [0.2, 0.25) is 0 Å². The highest BCUT2D eigenvalue weighted by Gasteiger charge is 2.15. The number of allylic oxidation sites excluding steroid dienone is 6. The smallest absolute Gasteiger partial charge is 0.00828 e. The van der Waals surface area contributed by atoms with Gasteiger partial charge in [-0.15, -0.1) is 0 Å². The van der Waals surface area contributed by atoms with Crippen LogP contribution in [0.4, 0.5) is 0 Å². The van der Waals surface area contributed by atoms with Crippen LogP contribution in [0.2, 0.25) is 0 Å². The van der Waals surface area contributed by atoms with E-state index in [1.54, 1.807) is 0 Å². The average Bonchev–Trinajstić information content (AvgIpc) is 2.70. The molecule has 0 saturated heterocycles. The molecule has 0 heterocycles. The number of benzene rings is 2. The third-order valence-electron chi connectivity index (χ3n) is 4.72. The predicted octanol–water partition coefficient (Wildman–Crippen LogP) is 8.48. The molecule has 27 heavy (non-hydrogen) atoms. The minimum Gasteiger partial charge on any atom is -0.0814 e. The van der Waals surface area contributed by atoms with Gasteiger partial charge in [0.15, 0.2) is 0 Å². The van der Waals surface area contributed by atoms with E-state index in [4.69, 9.17) is 0 Å². The Hall–Kier alpha value is -2.34. The standard InChI is InChI=1S/C27H34/c1-5-7-15-24(14-6-2)27(25-18-12-9-13-19-25)26(21-20-22(3)4)23-16-10-8-11-17-23/h8-13,15-20H,5-7,14,21H2,1-4H3/b24-15+,27-26+. The fourth-order valence-electron chi connectivity index (χ4n) is 3.39. The summed E-state index contributed by atoms with van der Waals surface area (Å²) in [6, 6.07) is 21.8. The second-order valence-corrected chi connectivity index (χ2v) is 7.34. The molecular formula is C27H34. The van der Waals surface area contributed by atoms with Crippen molar-refractivity contribution < 1.29 is 0 Å². The fourth-order valence-corrected chi connectivity index (χ4v) is 3.39. The summed E-state index contributed by atoms with van der Waals surface area (Å²) in [5.74, 6) is 0. The highest BCUT2D eigenvalue weighted by atomic mass is 14.2. The molecule has 0 amide bonds. The summed E-state index contributed by atoms with van der Waals surface area (Å²) in [6.07, 6.45) is 10.4. The predicted molar refractivity (Wildman–Crippen MR) is 122 cm³/mol. The summed E-state index contributed by atoms with van der Waals surface area (Å²) >= 11 is 0. The number of unbranched alkanes of at least 4 members (excludes halogenated alkanes) is 1. The minimum absolute atomic E-state index is 0.962. The molecule has 0 aliphatic carbocycles. The molecule has 142 valence electrons. The van der Waals surface area contributed by atoms with Gasteiger partial charge < -0.3 is 0 Å². The topological polar surface area (TPSA) is 0 Å². The van der Waals surface area contributed by atoms with Crippen LogP contribution in [0.5, 0.6) is 0 Å². The van der Waals surface area contributed by atoms with E-state index in [0.29, 0.717) is 0 Å². The lowest BCUT2D eigenvalue weighted by molar-refractivity contribution is 0.898. The molecule has 0 bridgehead atoms. The molecule has 0 saturated carbocycles. The molecule has 2 aromatic rings. The highest BCUT2D eigenvalue weighted by Crippen LogP contribution is 2.37. The van der Waals surface area contributed by atoms with Crippen LogP contribution in [0, 0.1) is 0 Å². The molecule has 0 heteroatoms. The second-order valence-electron chi connectivity index (χ2n) is 7.34. The van der Waals surface area contributed by atoms with E-state index < -0.39 is 0 Å². The van der Waals surface area contributed by atoms with Crippen LogP contribution in [0.25, 0.3) is 11.1 Å². The van der Waals surface area contributed by atoms with Crippen molar-refractivity contribution in [1.29, 1.82) is 0 Å². The summed E-state index contributed by atoms with van der Waals surface area (Å²) in [6.45, 7) is 8.91. The van der Waals surface area contributed by atoms with Gasteiger partial charge in [-0.3, -0.25) is 0 Å². The first-order valence-electron chi connectivity index (χ1n) is 10.3. The molecular weight excluding hydrogens is 324 g/mol. The Labute approximate surface area is 166 Å². The van der Waals surface area contributed by atoms with Crippen LogP contribution in [-0.2, 0) is 0 Å². The van der Waals surface area contributed by atoms with E-state index in [9.17, 15) is 0 Å². The number of rotatable bonds is 9. The molecule has 0 N–H and O–H groups in total. The van der Waals surface area contributed by atoms with Crippen molar-refractivity contribution in [1.82, 2.24) is 0 Å². The minimum atomic E-state index is 0.962. The Morgan fingerprint density at radius 2 is 1.33 bits per heavy atom. The zero-order valence-corrected chi connectivity index (χ0v) is 17.5. The third kappa shape index (κ3) is 6.40. The van der Waals surface area contributed by atoms with Crippen molar-refractivity contribution in [3.8, 4) is 0 Å². The Morgan fingerprint density at radius 3 is 1.85 bits per heavy atom. The van der Waals surface area contributed by atoms with Gasteiger partial charge in [-0.1, -0.05) is 105 Å². The molecule has 2 aromatic carbocycles. The van der Waals surface area contributed by atoms with Crippen LogP contribution < -0.4 is 0 Å². The van der Waals surface area contributed by atoms with E-state index in [1.807, 2.05) is 0 Å². The van der Waals surface area contributed by atoms with Gasteiger partial charge >= 0.3 is 0 Å². The lowest BCUT2D eigenvalue weighted by Gasteiger charge is -2.19. The largest absolute Gasteiger partial charge is 0.0814 e. The number of hydrogen-bond acceptors (Lipinski definition) is 0. The Kier molecular flexibility index (Phi) is 8.84. The molecule has 0 aliphatic rings. The first-order chi connectivity index (χ1) is 13.2. The van der Waals surface area contributed by atoms with Crippen LogP contribution >= 0.6 is 0 Å². The van der Waals surface area contributed by atoms with Gasteiger partial charge in [0.1, 0.15) is 0 Å². The van der Waals surface area contributed by atoms with Crippen molar-refractivity contribution in [2.45, 2.75) is 59.8 Å². The summed E-state index contributed by atoms with van der Waals surface area (Å²) in [7, 11) is 0. The normalized spacial score (nSPS) is 12.5. The monoisotopic (exact) mass is 358 g/mol. The first-order valence-corrected chi connectivity index (χ1v) is 10.3. The summed E-state index contributed by atoms with van der Waals surface area (Å²) in [5, 5.41) is 0. The summed E-state index contributed by atoms with van der Waals surface area (Å²) < 4.78 is 0. The zero-order chi connectivity index (χ0) is 19.5. The van der Waals surface area contributed by atoms with Gasteiger partial charge in [-0.2, -0.15) is 0 Å². The van der Waals surface area contributed by atoms with Crippen LogP contribution in [0.3, 0.4) is 0 Å². The maximum absolute atomic E-state index is 2.47. The molecule has 0 fully saturated rings. The molecule has 0 atom stereocenters. The summed E-state index contributed by atoms with van der Waals surface area (Å²) in [5.41, 5.74) is 8.37. The Morgan fingerprint density at radius 1 is 0.741 bits per heavy atom. The van der Waals surface area contributed by atoms with Crippen molar-refractivity contribution in [2.24, 2.45) is 0 Å². The average molecular weight is 359 g/mol. The second kappa shape index (κ2) is 11.4. The van der Waals surface area contributed by atoms with Gasteiger partial charge in [-0.05, 0) is 61.0 Å². The maximum atomic E-state index is 2.47. The number of hydrogen-bond donors (Lipinski definition) is 0. The Balaban J connectivity index is 2.75. The SMILES string of the molecule is CCC/C=C(CCC)/C(=C(/CC=C(C)C)c1ccccc1)c1ccccc1. The highest BCUT2D eigenvalue weighted by molar-refractivity contribution is 5.98. The molecule has 0 radical (unpaired) electrons. The lowest BCUT2D eigenvalue weighted by Crippen LogP contribution is -1.97. The van der Waals surface area contributed by atoms with Crippen molar-refractivity contribution in [3.05, 3.63) is 95.1 Å². The molecule has 0 aliphatic heterocycles. The Bertz CT molecular complexity index is 769. The van der Waals surface area contributed by atoms with Crippen LogP contribution in [0.1, 0.15) is 70.9 Å². The lowest BCUT2D eigenvalue weighted by atomic mass is 9.85. The van der Waals surface area contributed by atoms with Crippen LogP contribution in [-0.4, -0.2) is 0 Å². The first kappa shape index (κ1) is 21.0. The van der Waals surface area contributed by atoms with Gasteiger partial charge in [0.25, 0.3) is 0 Å². The van der Waals surface area contributed by atoms with E-state index in [2.05, 4.69) is 101 Å². The van der Waals surface area contributed by atoms with E-state index >= 15 is 0 Å². The molecule has 0 nitrogen and oxygen atoms in total. The quantitative estimate of drug-likeness (QED) is 0.239. The van der Waals surface area contributed by atoms with E-state index in [1.165, 1.54) is 39.8 Å². The van der Waals surface area contributed by atoms with Crippen molar-refractivity contribution >= 4 is 11.1 Å². The summed E-state index contributed by atoms with van der Waals surface area (Å²) in [4.78, 5) is 0. The van der Waals surface area contributed by atoms with Crippen molar-refractivity contribution in [3.63, 3.8) is 0 Å². The molecule has 2 rings (SSSR count). The van der Waals surface area contributed by atoms with E-state index in [0.717, 1.165) is 25.7 Å². The van der Waals surface area contributed by atoms with Gasteiger partial charge in [0, 0.05) is 0 Å². The van der Waals surface area contributed by atoms with Gasteiger partial charge in [-0.25, -0.2) is 0 Å².